The van der Waals surface area contributed by atoms with Crippen LogP contribution in [0.1, 0.15) is 15.8 Å². The van der Waals surface area contributed by atoms with Crippen LogP contribution in [0.4, 0.5) is 4.39 Å². The summed E-state index contributed by atoms with van der Waals surface area (Å²) >= 11 is 0. The molecule has 0 aromatic heterocycles. The fraction of sp³-hybridized carbons (Fsp3) is 0.400. The van der Waals surface area contributed by atoms with E-state index in [2.05, 4.69) is 0 Å². The van der Waals surface area contributed by atoms with Crippen molar-refractivity contribution in [2.45, 2.75) is 17.0 Å². The number of sulfone groups is 1. The van der Waals surface area contributed by atoms with Crippen LogP contribution in [0.15, 0.2) is 29.2 Å². The van der Waals surface area contributed by atoms with Crippen LogP contribution in [0.2, 0.25) is 0 Å². The maximum Gasteiger partial charge on any atom is 0.175 e. The molecule has 4 nitrogen and oxygen atoms in total. The van der Waals surface area contributed by atoms with Crippen molar-refractivity contribution >= 4 is 9.84 Å². The van der Waals surface area contributed by atoms with Crippen molar-refractivity contribution in [3.63, 3.8) is 0 Å². The summed E-state index contributed by atoms with van der Waals surface area (Å²) in [6.07, 6.45) is -0.947. The number of alkyl halides is 1. The number of aliphatic hydroxyl groups excluding tert-OH is 1. The highest BCUT2D eigenvalue weighted by Crippen LogP contribution is 2.18. The smallest absolute Gasteiger partial charge is 0.175 e. The molecule has 0 heterocycles. The van der Waals surface area contributed by atoms with E-state index < -0.39 is 28.6 Å². The second kappa shape index (κ2) is 4.90. The lowest BCUT2D eigenvalue weighted by Crippen LogP contribution is -2.30. The van der Waals surface area contributed by atoms with Crippen LogP contribution < -0.4 is 5.73 Å². The van der Waals surface area contributed by atoms with Crippen LogP contribution in [0.5, 0.6) is 0 Å². The van der Waals surface area contributed by atoms with Gasteiger partial charge in [0.25, 0.3) is 0 Å². The first kappa shape index (κ1) is 9.09. The van der Waals surface area contributed by atoms with Gasteiger partial charge in [0.15, 0.2) is 9.84 Å². The molecule has 0 saturated heterocycles. The van der Waals surface area contributed by atoms with E-state index in [4.69, 9.17) is 9.85 Å². The molecule has 1 unspecified atom stereocenters. The summed E-state index contributed by atoms with van der Waals surface area (Å²) in [6, 6.07) is 1.74. The van der Waals surface area contributed by atoms with Gasteiger partial charge in [-0.3, -0.25) is 0 Å². The number of nitrogens with two attached hydrogens (primary N) is 1. The molecular weight excluding hydrogens is 233 g/mol. The van der Waals surface area contributed by atoms with Gasteiger partial charge in [0.05, 0.1) is 21.1 Å². The van der Waals surface area contributed by atoms with E-state index in [1.54, 1.807) is 0 Å². The number of aliphatic hydroxyl groups is 1. The standard InChI is InChI=1S/C10H14FNO3S/c1-16(14,15)8-4-2-7(3-5-8)10(13)9(12)6-11/h2-5,9-10,13H,6,12H2,1H3/t9?,10-/m0/s1/i6D2,9D. The van der Waals surface area contributed by atoms with Gasteiger partial charge < -0.3 is 10.8 Å². The summed E-state index contributed by atoms with van der Waals surface area (Å²) in [7, 11) is -3.42. The van der Waals surface area contributed by atoms with Gasteiger partial charge in [-0.2, -0.15) is 0 Å². The van der Waals surface area contributed by atoms with Crippen molar-refractivity contribution in [1.29, 1.82) is 0 Å². The Bertz CT molecular complexity index is 554. The van der Waals surface area contributed by atoms with Crippen LogP contribution in [0.3, 0.4) is 0 Å². The van der Waals surface area contributed by atoms with E-state index in [1.165, 1.54) is 0 Å². The summed E-state index contributed by atoms with van der Waals surface area (Å²) in [6.45, 7) is -3.62. The van der Waals surface area contributed by atoms with Crippen LogP contribution in [0.25, 0.3) is 0 Å². The molecule has 0 aliphatic heterocycles. The minimum atomic E-state index is -3.62. The molecule has 1 aromatic carbocycles. The molecular formula is C10H14FNO3S. The van der Waals surface area contributed by atoms with Crippen LogP contribution in [0, 0.1) is 0 Å². The SMILES string of the molecule is [2H]C([2H])(F)C([2H])(N)[C@@H](O)c1ccc(S(C)(=O)=O)cc1. The molecule has 6 heteroatoms. The van der Waals surface area contributed by atoms with E-state index in [9.17, 15) is 17.9 Å². The molecule has 0 aliphatic rings. The maximum atomic E-state index is 13.1. The zero-order valence-electron chi connectivity index (χ0n) is 11.5. The summed E-state index contributed by atoms with van der Waals surface area (Å²) in [5.74, 6) is 0. The predicted molar refractivity (Wildman–Crippen MR) is 58.5 cm³/mol. The quantitative estimate of drug-likeness (QED) is 0.811. The van der Waals surface area contributed by atoms with Crippen LogP contribution in [-0.4, -0.2) is 32.4 Å². The highest BCUT2D eigenvalue weighted by molar-refractivity contribution is 7.90. The first-order chi connectivity index (χ1) is 8.37. The van der Waals surface area contributed by atoms with Gasteiger partial charge in [-0.05, 0) is 17.7 Å². The molecule has 0 spiro atoms. The second-order valence-electron chi connectivity index (χ2n) is 3.29. The Labute approximate surface area is 98.0 Å². The molecule has 1 rings (SSSR count). The molecule has 0 amide bonds. The third-order valence-corrected chi connectivity index (χ3v) is 3.16. The molecule has 0 aliphatic carbocycles. The van der Waals surface area contributed by atoms with Gasteiger partial charge in [0.2, 0.25) is 0 Å². The normalized spacial score (nSPS) is 21.4. The molecule has 0 fully saturated rings. The molecule has 0 saturated carbocycles. The van der Waals surface area contributed by atoms with Crippen molar-refractivity contribution in [1.82, 2.24) is 0 Å². The Morgan fingerprint density at radius 2 is 2.06 bits per heavy atom. The number of hydrogen-bond donors (Lipinski definition) is 2. The zero-order chi connectivity index (χ0) is 15.1. The molecule has 1 aromatic rings. The van der Waals surface area contributed by atoms with Crippen molar-refractivity contribution in [3.8, 4) is 0 Å². The topological polar surface area (TPSA) is 80.4 Å². The molecule has 90 valence electrons. The van der Waals surface area contributed by atoms with Crippen molar-refractivity contribution in [2.24, 2.45) is 5.73 Å². The summed E-state index contributed by atoms with van der Waals surface area (Å²) in [4.78, 5) is -0.0145. The average Bonchev–Trinajstić information content (AvgIpc) is 2.25. The molecule has 0 radical (unpaired) electrons. The van der Waals surface area contributed by atoms with E-state index in [-0.39, 0.29) is 10.5 Å². The van der Waals surface area contributed by atoms with Gasteiger partial charge in [-0.15, -0.1) is 0 Å². The Hall–Kier alpha value is -0.980. The fourth-order valence-corrected chi connectivity index (χ4v) is 1.76. The maximum absolute atomic E-state index is 13.1. The van der Waals surface area contributed by atoms with Gasteiger partial charge in [0, 0.05) is 6.26 Å². The fourth-order valence-electron chi connectivity index (χ4n) is 1.13. The number of hydrogen-bond acceptors (Lipinski definition) is 4. The first-order valence-electron chi connectivity index (χ1n) is 5.83. The minimum absolute atomic E-state index is 0.0145. The van der Waals surface area contributed by atoms with Gasteiger partial charge in [-0.25, -0.2) is 12.8 Å². The van der Waals surface area contributed by atoms with Crippen molar-refractivity contribution < 1.29 is 22.0 Å². The number of rotatable bonds is 4. The molecule has 0 bridgehead atoms. The summed E-state index contributed by atoms with van der Waals surface area (Å²) < 4.78 is 56.5. The largest absolute Gasteiger partial charge is 0.387 e. The predicted octanol–water partition coefficient (Wildman–Crippen LogP) is 0.420. The average molecular weight is 250 g/mol. The molecule has 2 atom stereocenters. The minimum Gasteiger partial charge on any atom is -0.387 e. The highest BCUT2D eigenvalue weighted by Gasteiger charge is 2.17. The molecule has 3 N–H and O–H groups in total. The first-order valence-corrected chi connectivity index (χ1v) is 6.22. The monoisotopic (exact) mass is 250 g/mol. The number of halogens is 1. The third-order valence-electron chi connectivity index (χ3n) is 2.03. The van der Waals surface area contributed by atoms with Gasteiger partial charge in [-0.1, -0.05) is 12.1 Å². The third kappa shape index (κ3) is 3.01. The van der Waals surface area contributed by atoms with E-state index in [0.717, 1.165) is 30.5 Å². The Morgan fingerprint density at radius 3 is 2.44 bits per heavy atom. The van der Waals surface area contributed by atoms with E-state index >= 15 is 0 Å². The Kier molecular flexibility index (Phi) is 2.79. The van der Waals surface area contributed by atoms with Crippen LogP contribution in [-0.2, 0) is 9.84 Å². The Morgan fingerprint density at radius 1 is 1.56 bits per heavy atom. The second-order valence-corrected chi connectivity index (χ2v) is 5.31. The van der Waals surface area contributed by atoms with Gasteiger partial charge in [0.1, 0.15) is 6.63 Å². The molecule has 16 heavy (non-hydrogen) atoms. The lowest BCUT2D eigenvalue weighted by Gasteiger charge is -2.16. The zero-order valence-corrected chi connectivity index (χ0v) is 9.33. The van der Waals surface area contributed by atoms with Crippen molar-refractivity contribution in [3.05, 3.63) is 29.8 Å². The van der Waals surface area contributed by atoms with Crippen molar-refractivity contribution in [2.75, 3.05) is 12.9 Å². The highest BCUT2D eigenvalue weighted by atomic mass is 32.2. The summed E-state index contributed by atoms with van der Waals surface area (Å²) in [5, 5.41) is 9.74. The lowest BCUT2D eigenvalue weighted by molar-refractivity contribution is 0.132. The van der Waals surface area contributed by atoms with E-state index in [0.29, 0.717) is 0 Å². The Balaban J connectivity index is 3.12. The lowest BCUT2D eigenvalue weighted by atomic mass is 10.0. The summed E-state index contributed by atoms with van der Waals surface area (Å²) in [5.41, 5.74) is 5.09. The number of benzene rings is 1. The van der Waals surface area contributed by atoms with Crippen LogP contribution >= 0.6 is 0 Å². The van der Waals surface area contributed by atoms with E-state index in [1.807, 2.05) is 0 Å². The van der Waals surface area contributed by atoms with Gasteiger partial charge >= 0.3 is 0 Å².